The van der Waals surface area contributed by atoms with Crippen molar-refractivity contribution in [2.24, 2.45) is 0 Å². The number of amides is 1. The lowest BCUT2D eigenvalue weighted by atomic mass is 9.98. The van der Waals surface area contributed by atoms with Gasteiger partial charge in [0.2, 0.25) is 5.91 Å². The van der Waals surface area contributed by atoms with Gasteiger partial charge >= 0.3 is 0 Å². The van der Waals surface area contributed by atoms with Gasteiger partial charge < -0.3 is 10.0 Å². The predicted octanol–water partition coefficient (Wildman–Crippen LogP) is 1.74. The first-order valence-electron chi connectivity index (χ1n) is 10.3. The van der Waals surface area contributed by atoms with Gasteiger partial charge in [-0.25, -0.2) is 8.78 Å². The molecule has 0 radical (unpaired) electrons. The van der Waals surface area contributed by atoms with Gasteiger partial charge in [-0.3, -0.25) is 9.48 Å². The topological polar surface area (TPSA) is 110 Å². The summed E-state index contributed by atoms with van der Waals surface area (Å²) in [6.45, 7) is 2.36. The van der Waals surface area contributed by atoms with E-state index in [0.717, 1.165) is 10.3 Å². The Morgan fingerprint density at radius 3 is 2.64 bits per heavy atom. The van der Waals surface area contributed by atoms with E-state index in [1.807, 2.05) is 0 Å². The van der Waals surface area contributed by atoms with Gasteiger partial charge in [0.1, 0.15) is 16.9 Å². The molecule has 2 atom stereocenters. The Kier molecular flexibility index (Phi) is 6.06. The SMILES string of the molecule is Cc1c(S(=O)(=O)n2cc3c(n2)CN(C(=O)[C@H](CO)c2ccccc2F)C3)cnn1CC(C)F. The number of aromatic nitrogens is 4. The number of fused-ring (bicyclic) bond motifs is 1. The minimum Gasteiger partial charge on any atom is -0.395 e. The average molecular weight is 480 g/mol. The van der Waals surface area contributed by atoms with Gasteiger partial charge in [0.15, 0.2) is 0 Å². The lowest BCUT2D eigenvalue weighted by Crippen LogP contribution is -2.33. The molecule has 3 heterocycles. The maximum absolute atomic E-state index is 14.1. The number of benzene rings is 1. The van der Waals surface area contributed by atoms with Crippen LogP contribution in [0, 0.1) is 12.7 Å². The molecule has 1 N–H and O–H groups in total. The second-order valence-electron chi connectivity index (χ2n) is 7.99. The number of nitrogens with zero attached hydrogens (tertiary/aromatic N) is 5. The van der Waals surface area contributed by atoms with Gasteiger partial charge in [0, 0.05) is 23.9 Å². The van der Waals surface area contributed by atoms with Crippen LogP contribution in [-0.2, 0) is 34.5 Å². The van der Waals surface area contributed by atoms with E-state index < -0.39 is 40.4 Å². The lowest BCUT2D eigenvalue weighted by molar-refractivity contribution is -0.134. The average Bonchev–Trinajstić information content (AvgIpc) is 3.44. The van der Waals surface area contributed by atoms with Crippen LogP contribution in [0.15, 0.2) is 41.6 Å². The molecule has 3 aromatic rings. The Bertz CT molecular complexity index is 1280. The molecule has 1 aromatic carbocycles. The van der Waals surface area contributed by atoms with E-state index >= 15 is 0 Å². The second kappa shape index (κ2) is 8.67. The molecule has 0 fully saturated rings. The van der Waals surface area contributed by atoms with Crippen LogP contribution in [0.5, 0.6) is 0 Å². The molecule has 176 valence electrons. The summed E-state index contributed by atoms with van der Waals surface area (Å²) >= 11 is 0. The van der Waals surface area contributed by atoms with Crippen molar-refractivity contribution in [1.82, 2.24) is 23.9 Å². The van der Waals surface area contributed by atoms with E-state index in [-0.39, 0.29) is 30.1 Å². The quantitative estimate of drug-likeness (QED) is 0.553. The molecule has 1 amide bonds. The van der Waals surface area contributed by atoms with Crippen LogP contribution in [0.2, 0.25) is 0 Å². The summed E-state index contributed by atoms with van der Waals surface area (Å²) in [6.07, 6.45) is 1.29. The number of halogens is 2. The van der Waals surface area contributed by atoms with Crippen molar-refractivity contribution < 1.29 is 27.1 Å². The van der Waals surface area contributed by atoms with Crippen LogP contribution in [0.25, 0.3) is 0 Å². The number of carbonyl (C=O) groups excluding carboxylic acids is 1. The Balaban J connectivity index is 1.54. The fraction of sp³-hybridized carbons (Fsp3) is 0.381. The van der Waals surface area contributed by atoms with E-state index in [0.29, 0.717) is 17.0 Å². The standard InChI is InChI=1S/C21H23F2N5O4S/c1-13(22)8-27-14(2)20(7-24-27)33(31,32)28-10-15-9-26(11-19(15)25-28)21(30)17(12-29)16-5-3-4-6-18(16)23/h3-7,10,13,17,29H,8-9,11-12H2,1-2H3/t13?,17-/m1/s1. The zero-order valence-electron chi connectivity index (χ0n) is 18.0. The third-order valence-electron chi connectivity index (χ3n) is 5.64. The molecule has 1 unspecified atom stereocenters. The van der Waals surface area contributed by atoms with Crippen LogP contribution in [-0.4, -0.2) is 56.1 Å². The van der Waals surface area contributed by atoms with Crippen molar-refractivity contribution in [1.29, 1.82) is 0 Å². The van der Waals surface area contributed by atoms with Crippen molar-refractivity contribution in [3.05, 3.63) is 65.0 Å². The van der Waals surface area contributed by atoms with Crippen LogP contribution < -0.4 is 0 Å². The molecule has 2 aromatic heterocycles. The van der Waals surface area contributed by atoms with Gasteiger partial charge in [0.25, 0.3) is 10.0 Å². The highest BCUT2D eigenvalue weighted by Crippen LogP contribution is 2.29. The van der Waals surface area contributed by atoms with E-state index in [1.54, 1.807) is 6.07 Å². The van der Waals surface area contributed by atoms with Crippen molar-refractivity contribution >= 4 is 15.9 Å². The largest absolute Gasteiger partial charge is 0.395 e. The maximum atomic E-state index is 14.1. The molecule has 0 bridgehead atoms. The number of carbonyl (C=O) groups is 1. The number of alkyl halides is 1. The summed E-state index contributed by atoms with van der Waals surface area (Å²) in [5, 5.41) is 17.8. The molecule has 0 saturated carbocycles. The molecular weight excluding hydrogens is 456 g/mol. The molecule has 0 aliphatic carbocycles. The molecular formula is C21H23F2N5O4S. The molecule has 4 rings (SSSR count). The molecule has 1 aliphatic rings. The number of hydrogen-bond acceptors (Lipinski definition) is 6. The van der Waals surface area contributed by atoms with Crippen molar-refractivity contribution in [2.75, 3.05) is 6.61 Å². The summed E-state index contributed by atoms with van der Waals surface area (Å²) in [5.74, 6) is -2.14. The van der Waals surface area contributed by atoms with Crippen LogP contribution in [0.3, 0.4) is 0 Å². The number of hydrogen-bond donors (Lipinski definition) is 1. The third-order valence-corrected chi connectivity index (χ3v) is 7.27. The summed E-state index contributed by atoms with van der Waals surface area (Å²) < 4.78 is 55.7. The first kappa shape index (κ1) is 23.1. The summed E-state index contributed by atoms with van der Waals surface area (Å²) in [6, 6.07) is 5.75. The monoisotopic (exact) mass is 479 g/mol. The zero-order chi connectivity index (χ0) is 23.9. The molecule has 1 aliphatic heterocycles. The minimum absolute atomic E-state index is 0.0270. The van der Waals surface area contributed by atoms with Gasteiger partial charge in [-0.15, -0.1) is 0 Å². The minimum atomic E-state index is -4.06. The summed E-state index contributed by atoms with van der Waals surface area (Å²) in [5.41, 5.74) is 1.30. The van der Waals surface area contributed by atoms with Gasteiger partial charge in [-0.1, -0.05) is 18.2 Å². The number of rotatable bonds is 7. The molecule has 0 spiro atoms. The molecule has 9 nitrogen and oxygen atoms in total. The number of aliphatic hydroxyl groups excluding tert-OH is 1. The van der Waals surface area contributed by atoms with Gasteiger partial charge in [0.05, 0.1) is 43.2 Å². The van der Waals surface area contributed by atoms with Crippen molar-refractivity contribution in [2.45, 2.75) is 50.5 Å². The predicted molar refractivity (Wildman–Crippen MR) is 113 cm³/mol. The smallest absolute Gasteiger partial charge is 0.286 e. The van der Waals surface area contributed by atoms with Crippen LogP contribution in [0.1, 0.15) is 35.4 Å². The van der Waals surface area contributed by atoms with E-state index in [2.05, 4.69) is 10.2 Å². The normalized spacial score (nSPS) is 15.5. The Morgan fingerprint density at radius 2 is 2.00 bits per heavy atom. The Labute approximate surface area is 189 Å². The van der Waals surface area contributed by atoms with E-state index in [4.69, 9.17) is 0 Å². The highest BCUT2D eigenvalue weighted by molar-refractivity contribution is 7.89. The fourth-order valence-electron chi connectivity index (χ4n) is 3.90. The van der Waals surface area contributed by atoms with Gasteiger partial charge in [-0.05, 0) is 19.9 Å². The van der Waals surface area contributed by atoms with Crippen molar-refractivity contribution in [3.8, 4) is 0 Å². The zero-order valence-corrected chi connectivity index (χ0v) is 18.8. The Morgan fingerprint density at radius 1 is 1.27 bits per heavy atom. The second-order valence-corrected chi connectivity index (χ2v) is 9.75. The highest BCUT2D eigenvalue weighted by atomic mass is 32.2. The first-order valence-corrected chi connectivity index (χ1v) is 11.7. The Hall–Kier alpha value is -3.12. The fourth-order valence-corrected chi connectivity index (χ4v) is 5.23. The van der Waals surface area contributed by atoms with E-state index in [1.165, 1.54) is 47.8 Å². The summed E-state index contributed by atoms with van der Waals surface area (Å²) in [7, 11) is -4.06. The first-order chi connectivity index (χ1) is 15.6. The highest BCUT2D eigenvalue weighted by Gasteiger charge is 2.34. The molecule has 0 saturated heterocycles. The summed E-state index contributed by atoms with van der Waals surface area (Å²) in [4.78, 5) is 14.2. The van der Waals surface area contributed by atoms with E-state index in [9.17, 15) is 27.1 Å². The number of aliphatic hydroxyl groups is 1. The molecule has 33 heavy (non-hydrogen) atoms. The molecule has 12 heteroatoms. The van der Waals surface area contributed by atoms with Crippen LogP contribution >= 0.6 is 0 Å². The third kappa shape index (κ3) is 4.15. The van der Waals surface area contributed by atoms with Crippen molar-refractivity contribution in [3.63, 3.8) is 0 Å². The lowest BCUT2D eigenvalue weighted by Gasteiger charge is -2.22. The maximum Gasteiger partial charge on any atom is 0.286 e. The van der Waals surface area contributed by atoms with Crippen LogP contribution in [0.4, 0.5) is 8.78 Å². The van der Waals surface area contributed by atoms with Gasteiger partial charge in [-0.2, -0.15) is 22.7 Å².